The van der Waals surface area contributed by atoms with Crippen molar-refractivity contribution in [1.29, 1.82) is 0 Å². The lowest BCUT2D eigenvalue weighted by Gasteiger charge is -2.12. The fraction of sp³-hybridized carbons (Fsp3) is 0.278. The zero-order valence-corrected chi connectivity index (χ0v) is 16.4. The molecule has 0 aliphatic carbocycles. The predicted molar refractivity (Wildman–Crippen MR) is 105 cm³/mol. The Bertz CT molecular complexity index is 860. The molecule has 0 saturated heterocycles. The molecule has 8 heteroatoms. The van der Waals surface area contributed by atoms with E-state index in [4.69, 9.17) is 4.74 Å². The Morgan fingerprint density at radius 3 is 2.73 bits per heavy atom. The molecule has 0 saturated carbocycles. The fourth-order valence-electron chi connectivity index (χ4n) is 2.30. The van der Waals surface area contributed by atoms with E-state index in [0.29, 0.717) is 0 Å². The van der Waals surface area contributed by atoms with Gasteiger partial charge in [-0.2, -0.15) is 0 Å². The Kier molecular flexibility index (Phi) is 5.95. The maximum Gasteiger partial charge on any atom is 0.237 e. The summed E-state index contributed by atoms with van der Waals surface area (Å²) in [6, 6.07) is 11.4. The van der Waals surface area contributed by atoms with E-state index in [2.05, 4.69) is 21.6 Å². The summed E-state index contributed by atoms with van der Waals surface area (Å²) in [5.41, 5.74) is 0.736. The number of benzene rings is 1. The zero-order valence-electron chi connectivity index (χ0n) is 14.8. The molecule has 1 atom stereocenters. The van der Waals surface area contributed by atoms with Gasteiger partial charge in [-0.05, 0) is 42.6 Å². The van der Waals surface area contributed by atoms with Crippen molar-refractivity contribution >= 4 is 34.7 Å². The molecule has 136 valence electrons. The van der Waals surface area contributed by atoms with Gasteiger partial charge in [0.25, 0.3) is 0 Å². The van der Waals surface area contributed by atoms with E-state index in [1.807, 2.05) is 54.3 Å². The molecule has 6 nitrogen and oxygen atoms in total. The van der Waals surface area contributed by atoms with E-state index in [-0.39, 0.29) is 11.2 Å². The minimum atomic E-state index is -0.297. The summed E-state index contributed by atoms with van der Waals surface area (Å²) in [6.45, 7) is 1.86. The lowest BCUT2D eigenvalue weighted by atomic mass is 10.3. The summed E-state index contributed by atoms with van der Waals surface area (Å²) in [6.07, 6.45) is 0.744. The minimum absolute atomic E-state index is 0.0806. The number of ether oxygens (including phenoxy) is 1. The third-order valence-corrected chi connectivity index (χ3v) is 5.86. The highest BCUT2D eigenvalue weighted by atomic mass is 32.2. The van der Waals surface area contributed by atoms with E-state index in [1.165, 1.54) is 16.6 Å². The summed E-state index contributed by atoms with van der Waals surface area (Å²) < 4.78 is 7.07. The van der Waals surface area contributed by atoms with Crippen molar-refractivity contribution in [3.63, 3.8) is 0 Å². The van der Waals surface area contributed by atoms with Gasteiger partial charge in [0.15, 0.2) is 5.16 Å². The number of hydrogen-bond acceptors (Lipinski definition) is 6. The number of rotatable bonds is 7. The number of thioether (sulfide) groups is 1. The van der Waals surface area contributed by atoms with Crippen LogP contribution in [0.3, 0.4) is 0 Å². The van der Waals surface area contributed by atoms with Crippen LogP contribution in [-0.4, -0.2) is 33.0 Å². The summed E-state index contributed by atoms with van der Waals surface area (Å²) in [5, 5.41) is 13.9. The van der Waals surface area contributed by atoms with Crippen molar-refractivity contribution in [3.8, 4) is 5.75 Å². The number of nitrogens with one attached hydrogen (secondary N) is 1. The third-order valence-electron chi connectivity index (χ3n) is 3.85. The Balaban J connectivity index is 1.60. The molecule has 26 heavy (non-hydrogen) atoms. The number of thiophene rings is 1. The first kappa shape index (κ1) is 18.5. The first-order valence-corrected chi connectivity index (χ1v) is 9.85. The molecule has 1 N–H and O–H groups in total. The maximum absolute atomic E-state index is 12.4. The van der Waals surface area contributed by atoms with Crippen LogP contribution in [0.5, 0.6) is 5.75 Å². The number of hydrogen-bond donors (Lipinski definition) is 1. The van der Waals surface area contributed by atoms with Gasteiger partial charge in [-0.15, -0.1) is 21.5 Å². The van der Waals surface area contributed by atoms with Crippen LogP contribution < -0.4 is 10.1 Å². The molecular formula is C18H20N4O2S2. The number of aromatic nitrogens is 3. The standard InChI is InChI=1S/C18H20N4O2S2/c1-12(17(23)19-13-6-8-14(24-3)9-7-13)26-18-21-20-16(22(18)2)11-15-5-4-10-25-15/h4-10,12H,11H2,1-3H3,(H,19,23)/t12-/m1/s1. The van der Waals surface area contributed by atoms with E-state index in [9.17, 15) is 4.79 Å². The van der Waals surface area contributed by atoms with Crippen molar-refractivity contribution < 1.29 is 9.53 Å². The average molecular weight is 389 g/mol. The van der Waals surface area contributed by atoms with Crippen LogP contribution in [0, 0.1) is 0 Å². The highest BCUT2D eigenvalue weighted by molar-refractivity contribution is 8.00. The Morgan fingerprint density at radius 2 is 2.08 bits per heavy atom. The van der Waals surface area contributed by atoms with Crippen molar-refractivity contribution in [2.24, 2.45) is 7.05 Å². The number of amides is 1. The second-order valence-electron chi connectivity index (χ2n) is 5.69. The second kappa shape index (κ2) is 8.37. The molecule has 1 aromatic carbocycles. The fourth-order valence-corrected chi connectivity index (χ4v) is 3.84. The SMILES string of the molecule is COc1ccc(NC(=O)[C@@H](C)Sc2nnc(Cc3cccs3)n2C)cc1. The van der Waals surface area contributed by atoms with Gasteiger partial charge in [0.05, 0.1) is 12.4 Å². The highest BCUT2D eigenvalue weighted by Crippen LogP contribution is 2.24. The van der Waals surface area contributed by atoms with Gasteiger partial charge >= 0.3 is 0 Å². The van der Waals surface area contributed by atoms with Crippen molar-refractivity contribution in [2.45, 2.75) is 23.8 Å². The first-order valence-electron chi connectivity index (χ1n) is 8.09. The molecule has 3 rings (SSSR count). The molecule has 0 aliphatic heterocycles. The summed E-state index contributed by atoms with van der Waals surface area (Å²) in [5.74, 6) is 1.56. The Hall–Kier alpha value is -2.32. The van der Waals surface area contributed by atoms with E-state index in [0.717, 1.165) is 28.8 Å². The van der Waals surface area contributed by atoms with Crippen LogP contribution in [0.1, 0.15) is 17.6 Å². The Morgan fingerprint density at radius 1 is 1.31 bits per heavy atom. The van der Waals surface area contributed by atoms with Crippen molar-refractivity contribution in [2.75, 3.05) is 12.4 Å². The minimum Gasteiger partial charge on any atom is -0.497 e. The number of carbonyl (C=O) groups excluding carboxylic acids is 1. The molecule has 0 radical (unpaired) electrons. The van der Waals surface area contributed by atoms with Crippen LogP contribution in [0.4, 0.5) is 5.69 Å². The predicted octanol–water partition coefficient (Wildman–Crippen LogP) is 3.60. The summed E-state index contributed by atoms with van der Waals surface area (Å²) >= 11 is 3.09. The molecule has 3 aromatic rings. The lowest BCUT2D eigenvalue weighted by molar-refractivity contribution is -0.115. The lowest BCUT2D eigenvalue weighted by Crippen LogP contribution is -2.22. The van der Waals surface area contributed by atoms with Gasteiger partial charge in [-0.3, -0.25) is 4.79 Å². The molecule has 1 amide bonds. The number of methoxy groups -OCH3 is 1. The summed E-state index contributed by atoms with van der Waals surface area (Å²) in [7, 11) is 3.54. The van der Waals surface area contributed by atoms with Gasteiger partial charge in [0.2, 0.25) is 5.91 Å². The smallest absolute Gasteiger partial charge is 0.237 e. The summed E-state index contributed by atoms with van der Waals surface area (Å²) in [4.78, 5) is 13.7. The molecule has 2 heterocycles. The Labute approximate surface area is 160 Å². The van der Waals surface area contributed by atoms with Crippen molar-refractivity contribution in [3.05, 3.63) is 52.5 Å². The second-order valence-corrected chi connectivity index (χ2v) is 8.03. The first-order chi connectivity index (χ1) is 12.6. The monoisotopic (exact) mass is 388 g/mol. The number of nitrogens with zero attached hydrogens (tertiary/aromatic N) is 3. The molecular weight excluding hydrogens is 368 g/mol. The van der Waals surface area contributed by atoms with Crippen LogP contribution in [0.25, 0.3) is 0 Å². The third kappa shape index (κ3) is 4.44. The van der Waals surface area contributed by atoms with Crippen LogP contribution in [0.15, 0.2) is 46.9 Å². The van der Waals surface area contributed by atoms with Gasteiger partial charge < -0.3 is 14.6 Å². The van der Waals surface area contributed by atoms with Gasteiger partial charge in [-0.1, -0.05) is 17.8 Å². The van der Waals surface area contributed by atoms with Crippen LogP contribution >= 0.6 is 23.1 Å². The molecule has 0 unspecified atom stereocenters. The average Bonchev–Trinajstić information content (AvgIpc) is 3.28. The molecule has 2 aromatic heterocycles. The molecule has 0 bridgehead atoms. The van der Waals surface area contributed by atoms with E-state index in [1.54, 1.807) is 18.4 Å². The van der Waals surface area contributed by atoms with Gasteiger partial charge in [-0.25, -0.2) is 0 Å². The number of anilines is 1. The zero-order chi connectivity index (χ0) is 18.5. The van der Waals surface area contributed by atoms with Crippen LogP contribution in [0.2, 0.25) is 0 Å². The van der Waals surface area contributed by atoms with E-state index < -0.39 is 0 Å². The quantitative estimate of drug-likeness (QED) is 0.627. The molecule has 0 fully saturated rings. The van der Waals surface area contributed by atoms with E-state index >= 15 is 0 Å². The number of carbonyl (C=O) groups is 1. The van der Waals surface area contributed by atoms with Gasteiger partial charge in [0, 0.05) is 24.0 Å². The molecule has 0 spiro atoms. The highest BCUT2D eigenvalue weighted by Gasteiger charge is 2.19. The van der Waals surface area contributed by atoms with Crippen LogP contribution in [-0.2, 0) is 18.3 Å². The van der Waals surface area contributed by atoms with Gasteiger partial charge in [0.1, 0.15) is 11.6 Å². The molecule has 0 aliphatic rings. The van der Waals surface area contributed by atoms with Crippen molar-refractivity contribution in [1.82, 2.24) is 14.8 Å². The normalized spacial score (nSPS) is 12.0. The topological polar surface area (TPSA) is 69.0 Å². The largest absolute Gasteiger partial charge is 0.497 e. The maximum atomic E-state index is 12.4.